The minimum Gasteiger partial charge on any atom is -0.192 e. The van der Waals surface area contributed by atoms with Gasteiger partial charge < -0.3 is 0 Å². The Kier molecular flexibility index (Phi) is 5.60. The van der Waals surface area contributed by atoms with Gasteiger partial charge in [0.05, 0.1) is 11.6 Å². The zero-order valence-electron chi connectivity index (χ0n) is 5.78. The van der Waals surface area contributed by atoms with Crippen LogP contribution in [-0.2, 0) is 0 Å². The molecule has 0 heterocycles. The maximum atomic E-state index is 8.29. The van der Waals surface area contributed by atoms with E-state index in [9.17, 15) is 0 Å². The van der Waals surface area contributed by atoms with E-state index in [-0.39, 0.29) is 0 Å². The fraction of sp³-hybridized carbons (Fsp3) is 0.125. The summed E-state index contributed by atoms with van der Waals surface area (Å²) >= 11 is 3.53. The zero-order valence-corrected chi connectivity index (χ0v) is 6.68. The molecule has 0 aliphatic carbocycles. The first kappa shape index (κ1) is 9.06. The van der Waals surface area contributed by atoms with Gasteiger partial charge in [-0.15, -0.1) is 0 Å². The maximum Gasteiger partial charge on any atom is 0.0991 e. The Morgan fingerprint density at radius 1 is 1.20 bits per heavy atom. The summed E-state index contributed by atoms with van der Waals surface area (Å²) in [6.07, 6.45) is 1.69. The fourth-order valence-electron chi connectivity index (χ4n) is 0.513. The van der Waals surface area contributed by atoms with Crippen molar-refractivity contribution in [3.05, 3.63) is 35.9 Å². The molecule has 0 atom stereocenters. The summed E-state index contributed by atoms with van der Waals surface area (Å²) in [6, 6.07) is 11.2. The van der Waals surface area contributed by atoms with Gasteiger partial charge in [0.2, 0.25) is 0 Å². The lowest BCUT2D eigenvalue weighted by molar-refractivity contribution is 1.49. The molecule has 0 aliphatic heterocycles. The molecule has 0 bridgehead atoms. The van der Waals surface area contributed by atoms with E-state index < -0.39 is 0 Å². The van der Waals surface area contributed by atoms with E-state index >= 15 is 0 Å². The van der Waals surface area contributed by atoms with Gasteiger partial charge in [-0.3, -0.25) is 0 Å². The number of benzene rings is 1. The van der Waals surface area contributed by atoms with Crippen molar-refractivity contribution in [1.29, 1.82) is 5.26 Å². The lowest BCUT2D eigenvalue weighted by Crippen LogP contribution is -1.66. The van der Waals surface area contributed by atoms with E-state index in [4.69, 9.17) is 5.26 Å². The third-order valence-corrected chi connectivity index (χ3v) is 0.903. The maximum absolute atomic E-state index is 8.29. The van der Waals surface area contributed by atoms with Gasteiger partial charge in [-0.05, 0) is 18.4 Å². The van der Waals surface area contributed by atoms with Crippen molar-refractivity contribution in [2.24, 2.45) is 0 Å². The van der Waals surface area contributed by atoms with E-state index in [0.717, 1.165) is 0 Å². The van der Waals surface area contributed by atoms with Crippen molar-refractivity contribution in [3.8, 4) is 6.07 Å². The van der Waals surface area contributed by atoms with Crippen molar-refractivity contribution in [1.82, 2.24) is 0 Å². The zero-order chi connectivity index (χ0) is 7.82. The summed E-state index contributed by atoms with van der Waals surface area (Å²) in [6.45, 7) is 0. The molecule has 2 heteroatoms. The second kappa shape index (κ2) is 6.18. The van der Waals surface area contributed by atoms with Crippen LogP contribution in [0.1, 0.15) is 5.56 Å². The Bertz CT molecular complexity index is 200. The standard InChI is InChI=1S/C7H5N.CH4S/c8-6-7-4-2-1-3-5-7;1-2/h1-5H;2H,1H3. The fourth-order valence-corrected chi connectivity index (χ4v) is 0.513. The molecule has 0 aromatic heterocycles. The number of thiol groups is 1. The minimum absolute atomic E-state index is 0.715. The average Bonchev–Trinajstić information content (AvgIpc) is 2.10. The summed E-state index contributed by atoms with van der Waals surface area (Å²) in [4.78, 5) is 0. The van der Waals surface area contributed by atoms with Gasteiger partial charge in [-0.1, -0.05) is 18.2 Å². The molecule has 0 aliphatic rings. The first-order chi connectivity index (χ1) is 4.93. The van der Waals surface area contributed by atoms with Crippen molar-refractivity contribution in [3.63, 3.8) is 0 Å². The molecule has 0 fully saturated rings. The number of nitrogens with zero attached hydrogens (tertiary/aromatic N) is 1. The van der Waals surface area contributed by atoms with Crippen molar-refractivity contribution < 1.29 is 0 Å². The second-order valence-corrected chi connectivity index (χ2v) is 1.48. The van der Waals surface area contributed by atoms with Gasteiger partial charge in [-0.25, -0.2) is 0 Å². The molecule has 52 valence electrons. The van der Waals surface area contributed by atoms with Crippen LogP contribution in [0, 0.1) is 11.3 Å². The van der Waals surface area contributed by atoms with Crippen LogP contribution in [0.25, 0.3) is 0 Å². The lowest BCUT2D eigenvalue weighted by atomic mass is 10.2. The van der Waals surface area contributed by atoms with Crippen molar-refractivity contribution in [2.75, 3.05) is 6.26 Å². The SMILES string of the molecule is CS.N#Cc1ccccc1. The van der Waals surface area contributed by atoms with Gasteiger partial charge >= 0.3 is 0 Å². The lowest BCUT2D eigenvalue weighted by Gasteiger charge is -1.80. The number of nitriles is 1. The van der Waals surface area contributed by atoms with Gasteiger partial charge in [0.25, 0.3) is 0 Å². The molecule has 0 radical (unpaired) electrons. The Hall–Kier alpha value is -0.940. The molecular formula is C8H9NS. The molecule has 0 saturated carbocycles. The first-order valence-corrected chi connectivity index (χ1v) is 3.73. The highest BCUT2D eigenvalue weighted by Gasteiger charge is 1.79. The molecule has 0 spiro atoms. The Morgan fingerprint density at radius 2 is 1.70 bits per heavy atom. The molecular weight excluding hydrogens is 142 g/mol. The first-order valence-electron chi connectivity index (χ1n) is 2.83. The van der Waals surface area contributed by atoms with Crippen molar-refractivity contribution >= 4 is 12.6 Å². The Morgan fingerprint density at radius 3 is 2.00 bits per heavy atom. The smallest absolute Gasteiger partial charge is 0.0991 e. The summed E-state index contributed by atoms with van der Waals surface area (Å²) in [7, 11) is 0. The van der Waals surface area contributed by atoms with E-state index in [1.54, 1.807) is 18.4 Å². The van der Waals surface area contributed by atoms with E-state index in [0.29, 0.717) is 5.56 Å². The third-order valence-electron chi connectivity index (χ3n) is 0.903. The van der Waals surface area contributed by atoms with Crippen LogP contribution in [0.4, 0.5) is 0 Å². The Balaban J connectivity index is 0.000000371. The highest BCUT2D eigenvalue weighted by atomic mass is 32.1. The quantitative estimate of drug-likeness (QED) is 0.564. The van der Waals surface area contributed by atoms with Crippen LogP contribution >= 0.6 is 12.6 Å². The molecule has 1 aromatic rings. The predicted molar refractivity (Wildman–Crippen MR) is 46.1 cm³/mol. The van der Waals surface area contributed by atoms with Crippen LogP contribution in [-0.4, -0.2) is 6.26 Å². The molecule has 0 saturated heterocycles. The van der Waals surface area contributed by atoms with Crippen LogP contribution in [0.2, 0.25) is 0 Å². The third kappa shape index (κ3) is 3.16. The van der Waals surface area contributed by atoms with Gasteiger partial charge in [0.15, 0.2) is 0 Å². The summed E-state index contributed by atoms with van der Waals surface area (Å²) in [5.41, 5.74) is 0.715. The van der Waals surface area contributed by atoms with E-state index in [2.05, 4.69) is 12.6 Å². The van der Waals surface area contributed by atoms with E-state index in [1.807, 2.05) is 24.3 Å². The highest BCUT2D eigenvalue weighted by Crippen LogP contribution is 1.92. The van der Waals surface area contributed by atoms with Gasteiger partial charge in [0.1, 0.15) is 0 Å². The monoisotopic (exact) mass is 151 g/mol. The summed E-state index contributed by atoms with van der Waals surface area (Å²) < 4.78 is 0. The predicted octanol–water partition coefficient (Wildman–Crippen LogP) is 2.10. The normalized spacial score (nSPS) is 6.90. The summed E-state index contributed by atoms with van der Waals surface area (Å²) in [5.74, 6) is 0. The number of hydrogen-bond donors (Lipinski definition) is 1. The molecule has 0 unspecified atom stereocenters. The van der Waals surface area contributed by atoms with Crippen LogP contribution in [0.5, 0.6) is 0 Å². The van der Waals surface area contributed by atoms with Crippen LogP contribution in [0.3, 0.4) is 0 Å². The minimum atomic E-state index is 0.715. The topological polar surface area (TPSA) is 23.8 Å². The molecule has 0 amide bonds. The average molecular weight is 151 g/mol. The van der Waals surface area contributed by atoms with Crippen molar-refractivity contribution in [2.45, 2.75) is 0 Å². The number of rotatable bonds is 0. The van der Waals surface area contributed by atoms with Gasteiger partial charge in [-0.2, -0.15) is 17.9 Å². The largest absolute Gasteiger partial charge is 0.192 e. The molecule has 1 nitrogen and oxygen atoms in total. The molecule has 1 aromatic carbocycles. The van der Waals surface area contributed by atoms with Crippen LogP contribution < -0.4 is 0 Å². The number of hydrogen-bond acceptors (Lipinski definition) is 2. The molecule has 0 N–H and O–H groups in total. The molecule has 10 heavy (non-hydrogen) atoms. The molecule has 1 rings (SSSR count). The van der Waals surface area contributed by atoms with Gasteiger partial charge in [0, 0.05) is 0 Å². The van der Waals surface area contributed by atoms with Crippen LogP contribution in [0.15, 0.2) is 30.3 Å². The summed E-state index contributed by atoms with van der Waals surface area (Å²) in [5, 5.41) is 8.29. The highest BCUT2D eigenvalue weighted by molar-refractivity contribution is 7.79. The van der Waals surface area contributed by atoms with E-state index in [1.165, 1.54) is 0 Å². The second-order valence-electron chi connectivity index (χ2n) is 1.48. The Labute approximate surface area is 66.7 Å².